The topological polar surface area (TPSA) is 122 Å². The summed E-state index contributed by atoms with van der Waals surface area (Å²) in [6, 6.07) is 7.84. The number of terminal acetylenes is 1. The van der Waals surface area contributed by atoms with E-state index in [9.17, 15) is 24.6 Å². The van der Waals surface area contributed by atoms with E-state index >= 15 is 0 Å². The highest BCUT2D eigenvalue weighted by molar-refractivity contribution is 5.91. The van der Waals surface area contributed by atoms with Crippen LogP contribution >= 0.6 is 0 Å². The van der Waals surface area contributed by atoms with Crippen molar-refractivity contribution in [3.63, 3.8) is 0 Å². The van der Waals surface area contributed by atoms with Crippen LogP contribution in [0.4, 0.5) is 0 Å². The van der Waals surface area contributed by atoms with Gasteiger partial charge in [-0.05, 0) is 62.6 Å². The molecule has 0 aromatic heterocycles. The van der Waals surface area contributed by atoms with Gasteiger partial charge in [-0.1, -0.05) is 82.7 Å². The van der Waals surface area contributed by atoms with E-state index in [1.54, 1.807) is 11.9 Å². The molecule has 0 bridgehead atoms. The van der Waals surface area contributed by atoms with Gasteiger partial charge in [0.2, 0.25) is 17.7 Å². The zero-order valence-corrected chi connectivity index (χ0v) is 29.0. The largest absolute Gasteiger partial charge is 0.390 e. The van der Waals surface area contributed by atoms with Crippen molar-refractivity contribution in [2.24, 2.45) is 17.8 Å². The monoisotopic (exact) mass is 652 g/mol. The molecule has 0 unspecified atom stereocenters. The molecule has 9 nitrogen and oxygen atoms in total. The van der Waals surface area contributed by atoms with Crippen LogP contribution in [0.2, 0.25) is 0 Å². The van der Waals surface area contributed by atoms with Gasteiger partial charge in [0, 0.05) is 33.0 Å². The highest BCUT2D eigenvalue weighted by Gasteiger charge is 2.34. The number of aliphatic hydroxyl groups excluding tert-OH is 2. The van der Waals surface area contributed by atoms with Gasteiger partial charge >= 0.3 is 0 Å². The van der Waals surface area contributed by atoms with Crippen LogP contribution in [-0.2, 0) is 20.8 Å². The van der Waals surface area contributed by atoms with Crippen LogP contribution in [0.1, 0.15) is 96.5 Å². The summed E-state index contributed by atoms with van der Waals surface area (Å²) in [5, 5.41) is 27.8. The maximum atomic E-state index is 13.8. The molecule has 3 amide bonds. The van der Waals surface area contributed by atoms with Crippen molar-refractivity contribution in [1.82, 2.24) is 20.4 Å². The number of carbonyl (C=O) groups is 3. The van der Waals surface area contributed by atoms with Gasteiger partial charge in [-0.25, -0.2) is 0 Å². The molecule has 1 saturated heterocycles. The number of likely N-dealkylation sites (tertiary alicyclic amines) is 1. The van der Waals surface area contributed by atoms with E-state index in [1.165, 1.54) is 25.7 Å². The highest BCUT2D eigenvalue weighted by Crippen LogP contribution is 2.29. The normalized spacial score (nSPS) is 19.2. The molecule has 3 rings (SSSR count). The summed E-state index contributed by atoms with van der Waals surface area (Å²) in [4.78, 5) is 45.0. The third-order valence-corrected chi connectivity index (χ3v) is 9.86. The lowest BCUT2D eigenvalue weighted by Gasteiger charge is -2.33. The van der Waals surface area contributed by atoms with Crippen molar-refractivity contribution in [3.8, 4) is 12.3 Å². The Morgan fingerprint density at radius 2 is 1.64 bits per heavy atom. The summed E-state index contributed by atoms with van der Waals surface area (Å²) >= 11 is 0. The van der Waals surface area contributed by atoms with Gasteiger partial charge in [-0.3, -0.25) is 14.4 Å². The Kier molecular flexibility index (Phi) is 16.8. The van der Waals surface area contributed by atoms with Crippen LogP contribution in [0.25, 0.3) is 0 Å². The molecule has 262 valence electrons. The van der Waals surface area contributed by atoms with Gasteiger partial charge in [0.25, 0.3) is 0 Å². The zero-order chi connectivity index (χ0) is 34.2. The first-order valence-electron chi connectivity index (χ1n) is 18.0. The van der Waals surface area contributed by atoms with Gasteiger partial charge in [0.1, 0.15) is 12.1 Å². The fourth-order valence-corrected chi connectivity index (χ4v) is 6.98. The van der Waals surface area contributed by atoms with Gasteiger partial charge in [0.05, 0.1) is 18.1 Å². The predicted octanol–water partition coefficient (Wildman–Crippen LogP) is 3.91. The van der Waals surface area contributed by atoms with Crippen LogP contribution in [0.5, 0.6) is 0 Å². The molecule has 1 saturated carbocycles. The second-order valence-electron chi connectivity index (χ2n) is 14.3. The fraction of sp³-hybridized carbons (Fsp3) is 0.711. The molecule has 1 heterocycles. The number of aliphatic hydroxyl groups is 2. The SMILES string of the molecule is C#CC[C@H](NC(=O)[C@@H](CC(=O)N(C)CCN1CCCCC1)Cc1ccccc1)C(=O)N[C@@H](CC1CCCCC1)[C@@H](O)[C@@H](O)CC(C)C. The van der Waals surface area contributed by atoms with Crippen molar-refractivity contribution in [2.45, 2.75) is 122 Å². The standard InChI is InChI=1S/C38H60N4O5/c1-5-15-32(38(47)40-33(26-30-18-11-7-12-19-30)36(45)34(43)24-28(2)3)39-37(46)31(25-29-16-9-6-10-17-29)27-35(44)41(4)22-23-42-20-13-8-14-21-42/h1,6,9-10,16-17,28,30-34,36,43,45H,7-8,11-15,18-27H2,2-4H3,(H,39,46)(H,40,47)/t31-,32+,33+,34+,36-/m1/s1. The molecule has 4 N–H and O–H groups in total. The minimum absolute atomic E-state index is 0.00599. The Morgan fingerprint density at radius 3 is 2.28 bits per heavy atom. The van der Waals surface area contributed by atoms with Crippen LogP contribution in [0.3, 0.4) is 0 Å². The molecule has 9 heteroatoms. The number of nitrogens with one attached hydrogen (secondary N) is 2. The average Bonchev–Trinajstić information content (AvgIpc) is 3.07. The summed E-state index contributed by atoms with van der Waals surface area (Å²) in [6.07, 6.45) is 13.9. The van der Waals surface area contributed by atoms with Crippen molar-refractivity contribution in [3.05, 3.63) is 35.9 Å². The van der Waals surface area contributed by atoms with Crippen molar-refractivity contribution >= 4 is 17.7 Å². The minimum atomic E-state index is -1.14. The smallest absolute Gasteiger partial charge is 0.243 e. The Labute approximate surface area is 283 Å². The molecule has 0 radical (unpaired) electrons. The van der Waals surface area contributed by atoms with Gasteiger partial charge < -0.3 is 30.6 Å². The molecule has 1 aromatic carbocycles. The number of piperidine rings is 1. The first kappa shape index (κ1) is 38.5. The quantitative estimate of drug-likeness (QED) is 0.179. The molecule has 5 atom stereocenters. The molecule has 47 heavy (non-hydrogen) atoms. The number of amides is 3. The van der Waals surface area contributed by atoms with Crippen LogP contribution in [0, 0.1) is 30.1 Å². The van der Waals surface area contributed by atoms with Gasteiger partial charge in [-0.2, -0.15) is 0 Å². The maximum absolute atomic E-state index is 13.8. The maximum Gasteiger partial charge on any atom is 0.243 e. The molecule has 2 fully saturated rings. The summed E-state index contributed by atoms with van der Waals surface area (Å²) < 4.78 is 0. The van der Waals surface area contributed by atoms with E-state index in [2.05, 4.69) is 21.5 Å². The number of carbonyl (C=O) groups excluding carboxylic acids is 3. The first-order chi connectivity index (χ1) is 22.6. The predicted molar refractivity (Wildman–Crippen MR) is 186 cm³/mol. The zero-order valence-electron chi connectivity index (χ0n) is 29.0. The third-order valence-electron chi connectivity index (χ3n) is 9.86. The lowest BCUT2D eigenvalue weighted by Crippen LogP contribution is -2.56. The number of benzene rings is 1. The molecule has 0 spiro atoms. The number of likely N-dealkylation sites (N-methyl/N-ethyl adjacent to an activating group) is 1. The van der Waals surface area contributed by atoms with Crippen molar-refractivity contribution in [2.75, 3.05) is 33.2 Å². The van der Waals surface area contributed by atoms with E-state index in [-0.39, 0.29) is 24.7 Å². The molecule has 2 aliphatic rings. The Hall–Kier alpha value is -2.93. The number of nitrogens with zero attached hydrogens (tertiary/aromatic N) is 2. The van der Waals surface area contributed by atoms with E-state index < -0.39 is 42.0 Å². The van der Waals surface area contributed by atoms with E-state index in [0.29, 0.717) is 31.7 Å². The second-order valence-corrected chi connectivity index (χ2v) is 14.3. The summed E-state index contributed by atoms with van der Waals surface area (Å²) in [6.45, 7) is 7.46. The summed E-state index contributed by atoms with van der Waals surface area (Å²) in [7, 11) is 1.78. The van der Waals surface area contributed by atoms with E-state index in [4.69, 9.17) is 6.42 Å². The Bertz CT molecular complexity index is 1130. The van der Waals surface area contributed by atoms with Crippen molar-refractivity contribution < 1.29 is 24.6 Å². The number of rotatable bonds is 18. The van der Waals surface area contributed by atoms with Crippen molar-refractivity contribution in [1.29, 1.82) is 0 Å². The molecular weight excluding hydrogens is 592 g/mol. The fourth-order valence-electron chi connectivity index (χ4n) is 6.98. The summed E-state index contributed by atoms with van der Waals surface area (Å²) in [5.41, 5.74) is 0.921. The van der Waals surface area contributed by atoms with Crippen LogP contribution < -0.4 is 10.6 Å². The second kappa shape index (κ2) is 20.4. The summed E-state index contributed by atoms with van der Waals surface area (Å²) in [5.74, 6) is 1.30. The minimum Gasteiger partial charge on any atom is -0.390 e. The average molecular weight is 653 g/mol. The molecule has 1 aliphatic heterocycles. The lowest BCUT2D eigenvalue weighted by molar-refractivity contribution is -0.137. The number of hydrogen-bond acceptors (Lipinski definition) is 6. The Morgan fingerprint density at radius 1 is 0.979 bits per heavy atom. The highest BCUT2D eigenvalue weighted by atomic mass is 16.3. The Balaban J connectivity index is 1.71. The molecule has 1 aromatic rings. The van der Waals surface area contributed by atoms with Crippen LogP contribution in [-0.4, -0.2) is 95.3 Å². The molecular formula is C38H60N4O5. The number of hydrogen-bond donors (Lipinski definition) is 4. The third kappa shape index (κ3) is 13.6. The van der Waals surface area contributed by atoms with Gasteiger partial charge in [-0.15, -0.1) is 12.3 Å². The van der Waals surface area contributed by atoms with E-state index in [1.807, 2.05) is 44.2 Å². The first-order valence-corrected chi connectivity index (χ1v) is 18.0. The van der Waals surface area contributed by atoms with Crippen LogP contribution in [0.15, 0.2) is 30.3 Å². The molecule has 1 aliphatic carbocycles. The lowest BCUT2D eigenvalue weighted by atomic mass is 9.82. The van der Waals surface area contributed by atoms with Gasteiger partial charge in [0.15, 0.2) is 0 Å². The van der Waals surface area contributed by atoms with E-state index in [0.717, 1.165) is 50.9 Å².